The molecule has 0 saturated heterocycles. The van der Waals surface area contributed by atoms with Crippen LogP contribution in [0.15, 0.2) is 42.5 Å². The van der Waals surface area contributed by atoms with E-state index in [1.165, 1.54) is 11.3 Å². The normalized spacial score (nSPS) is 11.5. The maximum atomic E-state index is 12.8. The lowest BCUT2D eigenvalue weighted by molar-refractivity contribution is -0.122. The topological polar surface area (TPSA) is 93.7 Å². The van der Waals surface area contributed by atoms with Crippen LogP contribution in [0, 0.1) is 20.8 Å². The summed E-state index contributed by atoms with van der Waals surface area (Å²) in [7, 11) is 0. The number of nitrogens with one attached hydrogen (secondary N) is 2. The average Bonchev–Trinajstić information content (AvgIpc) is 3.09. The lowest BCUT2D eigenvalue weighted by Gasteiger charge is -2.16. The number of halogens is 1. The van der Waals surface area contributed by atoms with Gasteiger partial charge in [-0.1, -0.05) is 17.7 Å². The first-order valence-corrected chi connectivity index (χ1v) is 12.2. The lowest BCUT2D eigenvalue weighted by atomic mass is 10.1. The highest BCUT2D eigenvalue weighted by molar-refractivity contribution is 7.16. The predicted molar refractivity (Wildman–Crippen MR) is 139 cm³/mol. The molecule has 1 atom stereocenters. The summed E-state index contributed by atoms with van der Waals surface area (Å²) in [5, 5.41) is 6.59. The van der Waals surface area contributed by atoms with Crippen molar-refractivity contribution in [2.45, 2.75) is 40.7 Å². The van der Waals surface area contributed by atoms with Crippen molar-refractivity contribution in [1.29, 1.82) is 0 Å². The molecule has 35 heavy (non-hydrogen) atoms. The van der Waals surface area contributed by atoms with Gasteiger partial charge in [0.15, 0.2) is 6.10 Å². The molecule has 0 bridgehead atoms. The standard InChI is InChI=1S/C26H27ClN2O5S/c1-6-33-26(32)22-15(3)17(5)35-25(22)29-24(31)18-8-11-20(12-9-18)34-16(4)23(30)28-21-13-19(27)10-7-14(21)2/h7-13,16H,6H2,1-5H3,(H,28,30)(H,29,31)/t16-/m1/s1. The van der Waals surface area contributed by atoms with E-state index in [0.29, 0.717) is 32.6 Å². The fraction of sp³-hybridized carbons (Fsp3) is 0.269. The monoisotopic (exact) mass is 514 g/mol. The highest BCUT2D eigenvalue weighted by Crippen LogP contribution is 2.33. The second-order valence-electron chi connectivity index (χ2n) is 7.89. The van der Waals surface area contributed by atoms with Crippen molar-refractivity contribution < 1.29 is 23.9 Å². The number of rotatable bonds is 8. The molecule has 184 valence electrons. The average molecular weight is 515 g/mol. The minimum Gasteiger partial charge on any atom is -0.481 e. The second kappa shape index (κ2) is 11.4. The minimum absolute atomic E-state index is 0.247. The number of carbonyl (C=O) groups excluding carboxylic acids is 3. The highest BCUT2D eigenvalue weighted by Gasteiger charge is 2.22. The molecule has 2 N–H and O–H groups in total. The largest absolute Gasteiger partial charge is 0.481 e. The van der Waals surface area contributed by atoms with Gasteiger partial charge in [0, 0.05) is 21.2 Å². The van der Waals surface area contributed by atoms with Crippen molar-refractivity contribution >= 4 is 51.4 Å². The van der Waals surface area contributed by atoms with E-state index in [4.69, 9.17) is 21.1 Å². The Morgan fingerprint density at radius 1 is 1.03 bits per heavy atom. The van der Waals surface area contributed by atoms with Gasteiger partial charge in [0.1, 0.15) is 10.8 Å². The minimum atomic E-state index is -0.780. The van der Waals surface area contributed by atoms with Gasteiger partial charge in [0.2, 0.25) is 0 Å². The molecule has 0 saturated carbocycles. The zero-order valence-electron chi connectivity index (χ0n) is 20.2. The van der Waals surface area contributed by atoms with Crippen LogP contribution in [0.3, 0.4) is 0 Å². The Morgan fingerprint density at radius 3 is 2.37 bits per heavy atom. The highest BCUT2D eigenvalue weighted by atomic mass is 35.5. The molecule has 0 spiro atoms. The van der Waals surface area contributed by atoms with Crippen LogP contribution in [0.4, 0.5) is 10.7 Å². The molecule has 0 aliphatic rings. The predicted octanol–water partition coefficient (Wildman–Crippen LogP) is 6.16. The van der Waals surface area contributed by atoms with Crippen molar-refractivity contribution in [2.24, 2.45) is 0 Å². The molecular formula is C26H27ClN2O5S. The van der Waals surface area contributed by atoms with Crippen LogP contribution >= 0.6 is 22.9 Å². The Hall–Kier alpha value is -3.36. The van der Waals surface area contributed by atoms with E-state index in [9.17, 15) is 14.4 Å². The van der Waals surface area contributed by atoms with Crippen molar-refractivity contribution in [2.75, 3.05) is 17.2 Å². The van der Waals surface area contributed by atoms with Crippen LogP contribution in [0.25, 0.3) is 0 Å². The number of anilines is 2. The SMILES string of the molecule is CCOC(=O)c1c(NC(=O)c2ccc(O[C@H](C)C(=O)Nc3cc(Cl)ccc3C)cc2)sc(C)c1C. The number of thiophene rings is 1. The smallest absolute Gasteiger partial charge is 0.341 e. The fourth-order valence-corrected chi connectivity index (χ4v) is 4.46. The second-order valence-corrected chi connectivity index (χ2v) is 9.56. The molecule has 0 aliphatic carbocycles. The van der Waals surface area contributed by atoms with Crippen molar-refractivity contribution in [1.82, 2.24) is 0 Å². The van der Waals surface area contributed by atoms with Crippen LogP contribution in [-0.2, 0) is 9.53 Å². The Kier molecular flexibility index (Phi) is 8.53. The molecular weight excluding hydrogens is 488 g/mol. The number of ether oxygens (including phenoxy) is 2. The number of esters is 1. The van der Waals surface area contributed by atoms with Crippen LogP contribution < -0.4 is 15.4 Å². The van der Waals surface area contributed by atoms with Gasteiger partial charge in [0.05, 0.1) is 12.2 Å². The van der Waals surface area contributed by atoms with Crippen LogP contribution in [-0.4, -0.2) is 30.5 Å². The number of hydrogen-bond acceptors (Lipinski definition) is 6. The zero-order valence-corrected chi connectivity index (χ0v) is 21.7. The van der Waals surface area contributed by atoms with E-state index < -0.39 is 12.1 Å². The van der Waals surface area contributed by atoms with E-state index in [-0.39, 0.29) is 18.4 Å². The van der Waals surface area contributed by atoms with Gasteiger partial charge in [-0.15, -0.1) is 11.3 Å². The Bertz CT molecular complexity index is 1250. The summed E-state index contributed by atoms with van der Waals surface area (Å²) in [5.41, 5.74) is 3.03. The molecule has 3 rings (SSSR count). The number of hydrogen-bond donors (Lipinski definition) is 2. The van der Waals surface area contributed by atoms with Gasteiger partial charge in [-0.05, 0) is 82.1 Å². The van der Waals surface area contributed by atoms with E-state index in [2.05, 4.69) is 10.6 Å². The molecule has 2 aromatic carbocycles. The van der Waals surface area contributed by atoms with Crippen molar-refractivity contribution in [3.63, 3.8) is 0 Å². The summed E-state index contributed by atoms with van der Waals surface area (Å²) < 4.78 is 10.9. The maximum absolute atomic E-state index is 12.8. The Balaban J connectivity index is 1.65. The first-order valence-electron chi connectivity index (χ1n) is 11.0. The number of amides is 2. The molecule has 0 fully saturated rings. The molecule has 1 heterocycles. The van der Waals surface area contributed by atoms with E-state index in [1.54, 1.807) is 50.2 Å². The lowest BCUT2D eigenvalue weighted by Crippen LogP contribution is -2.30. The summed E-state index contributed by atoms with van der Waals surface area (Å²) >= 11 is 7.34. The van der Waals surface area contributed by atoms with E-state index in [1.807, 2.05) is 26.8 Å². The first-order chi connectivity index (χ1) is 16.6. The molecule has 0 aliphatic heterocycles. The van der Waals surface area contributed by atoms with Gasteiger partial charge in [0.25, 0.3) is 11.8 Å². The first kappa shape index (κ1) is 26.2. The Morgan fingerprint density at radius 2 is 1.71 bits per heavy atom. The van der Waals surface area contributed by atoms with Gasteiger partial charge >= 0.3 is 5.97 Å². The number of carbonyl (C=O) groups is 3. The van der Waals surface area contributed by atoms with Crippen LogP contribution in [0.2, 0.25) is 5.02 Å². The molecule has 0 radical (unpaired) electrons. The van der Waals surface area contributed by atoms with E-state index >= 15 is 0 Å². The van der Waals surface area contributed by atoms with Gasteiger partial charge in [-0.25, -0.2) is 4.79 Å². The molecule has 3 aromatic rings. The summed E-state index contributed by atoms with van der Waals surface area (Å²) in [6.45, 7) is 9.19. The summed E-state index contributed by atoms with van der Waals surface area (Å²) in [4.78, 5) is 38.6. The number of aryl methyl sites for hydroxylation is 2. The third-order valence-corrected chi connectivity index (χ3v) is 6.71. The summed E-state index contributed by atoms with van der Waals surface area (Å²) in [5.74, 6) is -0.728. The third kappa shape index (κ3) is 6.41. The van der Waals surface area contributed by atoms with Crippen LogP contribution in [0.1, 0.15) is 50.6 Å². The van der Waals surface area contributed by atoms with Crippen molar-refractivity contribution in [3.8, 4) is 5.75 Å². The maximum Gasteiger partial charge on any atom is 0.341 e. The van der Waals surface area contributed by atoms with Gasteiger partial charge in [-0.3, -0.25) is 9.59 Å². The van der Waals surface area contributed by atoms with Gasteiger partial charge < -0.3 is 20.1 Å². The summed E-state index contributed by atoms with van der Waals surface area (Å²) in [6, 6.07) is 11.7. The molecule has 0 unspecified atom stereocenters. The number of benzene rings is 2. The fourth-order valence-electron chi connectivity index (χ4n) is 3.25. The molecule has 9 heteroatoms. The molecule has 7 nitrogen and oxygen atoms in total. The van der Waals surface area contributed by atoms with E-state index in [0.717, 1.165) is 16.0 Å². The molecule has 1 aromatic heterocycles. The van der Waals surface area contributed by atoms with Crippen LogP contribution in [0.5, 0.6) is 5.75 Å². The summed E-state index contributed by atoms with van der Waals surface area (Å²) in [6.07, 6.45) is -0.780. The third-order valence-electron chi connectivity index (χ3n) is 5.35. The quantitative estimate of drug-likeness (QED) is 0.351. The van der Waals surface area contributed by atoms with Gasteiger partial charge in [-0.2, -0.15) is 0 Å². The van der Waals surface area contributed by atoms with Crippen molar-refractivity contribution in [3.05, 3.63) is 74.6 Å². The molecule has 2 amide bonds. The zero-order chi connectivity index (χ0) is 25.7. The Labute approximate surface area is 213 Å².